The third kappa shape index (κ3) is 6.77. The van der Waals surface area contributed by atoms with Gasteiger partial charge in [0.25, 0.3) is 10.0 Å². The Bertz CT molecular complexity index is 1350. The fourth-order valence-electron chi connectivity index (χ4n) is 3.17. The van der Waals surface area contributed by atoms with E-state index in [0.717, 1.165) is 5.56 Å². The van der Waals surface area contributed by atoms with E-state index in [1.54, 1.807) is 43.3 Å². The van der Waals surface area contributed by atoms with Gasteiger partial charge in [0.2, 0.25) is 5.96 Å². The summed E-state index contributed by atoms with van der Waals surface area (Å²) < 4.78 is 46.2. The molecule has 13 heteroatoms. The molecule has 0 aliphatic rings. The molecule has 0 saturated heterocycles. The van der Waals surface area contributed by atoms with E-state index in [4.69, 9.17) is 13.9 Å². The van der Waals surface area contributed by atoms with Crippen LogP contribution in [0.25, 0.3) is 0 Å². The Morgan fingerprint density at radius 3 is 2.27 bits per heavy atom. The molecule has 2 aromatic heterocycles. The maximum Gasteiger partial charge on any atom is 0.305 e. The number of furan rings is 1. The Labute approximate surface area is 214 Å². The molecule has 0 aliphatic carbocycles. The second-order valence-corrected chi connectivity index (χ2v) is 9.97. The number of aromatic nitrogens is 1. The molecule has 0 aliphatic heterocycles. The van der Waals surface area contributed by atoms with Gasteiger partial charge in [-0.05, 0) is 56.7 Å². The van der Waals surface area contributed by atoms with Gasteiger partial charge in [-0.2, -0.15) is 0 Å². The summed E-state index contributed by atoms with van der Waals surface area (Å²) in [5.74, 6) is 0.0777. The molecular weight excluding hydrogens is 502 g/mol. The van der Waals surface area contributed by atoms with Crippen LogP contribution in [-0.4, -0.2) is 49.8 Å². The highest BCUT2D eigenvalue weighted by atomic mass is 32.2. The molecule has 0 bridgehead atoms. The number of ether oxygens (including phenoxy) is 2. The molecule has 12 nitrogen and oxygen atoms in total. The predicted octanol–water partition coefficient (Wildman–Crippen LogP) is 2.46. The quantitative estimate of drug-likeness (QED) is 0.193. The number of aliphatic hydroxyl groups is 1. The van der Waals surface area contributed by atoms with Gasteiger partial charge in [-0.1, -0.05) is 12.1 Å². The van der Waals surface area contributed by atoms with E-state index in [-0.39, 0.29) is 17.1 Å². The Kier molecular flexibility index (Phi) is 8.73. The number of rotatable bonds is 8. The first-order chi connectivity index (χ1) is 17.6. The highest BCUT2D eigenvalue weighted by molar-refractivity contribution is 7.90. The fraction of sp³-hybridized carbons (Fsp3) is 0.292. The maximum absolute atomic E-state index is 13.2. The van der Waals surface area contributed by atoms with E-state index in [2.05, 4.69) is 25.6 Å². The van der Waals surface area contributed by atoms with Crippen LogP contribution in [0.1, 0.15) is 40.6 Å². The number of sulfonamides is 1. The Morgan fingerprint density at radius 1 is 1.05 bits per heavy atom. The zero-order chi connectivity index (χ0) is 27.2. The Balaban J connectivity index is 1.94. The number of carbonyl (C=O) groups excluding carboxylic acids is 1. The number of aliphatic hydroxyl groups excluding tert-OH is 1. The number of nitrogens with one attached hydrogen (secondary N) is 3. The topological polar surface area (TPSA) is 164 Å². The van der Waals surface area contributed by atoms with Crippen molar-refractivity contribution < 1.29 is 32.2 Å². The van der Waals surface area contributed by atoms with Crippen LogP contribution in [0.2, 0.25) is 0 Å². The lowest BCUT2D eigenvalue weighted by molar-refractivity contribution is 0.0914. The highest BCUT2D eigenvalue weighted by Crippen LogP contribution is 2.34. The second-order valence-electron chi connectivity index (χ2n) is 8.02. The molecular formula is C24H29N5O7S. The molecule has 0 spiro atoms. The van der Waals surface area contributed by atoms with Crippen molar-refractivity contribution in [1.82, 2.24) is 15.8 Å². The predicted molar refractivity (Wildman–Crippen MR) is 137 cm³/mol. The average Bonchev–Trinajstić information content (AvgIpc) is 3.32. The molecule has 0 fully saturated rings. The van der Waals surface area contributed by atoms with E-state index in [1.807, 2.05) is 6.92 Å². The van der Waals surface area contributed by atoms with Crippen LogP contribution in [0.4, 0.5) is 5.69 Å². The van der Waals surface area contributed by atoms with Crippen molar-refractivity contribution in [2.45, 2.75) is 32.1 Å². The van der Waals surface area contributed by atoms with Gasteiger partial charge in [-0.25, -0.2) is 8.42 Å². The second kappa shape index (κ2) is 11.8. The molecule has 4 N–H and O–H groups in total. The van der Waals surface area contributed by atoms with E-state index < -0.39 is 33.2 Å². The first-order valence-corrected chi connectivity index (χ1v) is 12.6. The minimum absolute atomic E-state index is 0.00341. The van der Waals surface area contributed by atoms with Gasteiger partial charge in [0, 0.05) is 6.20 Å². The molecule has 37 heavy (non-hydrogen) atoms. The zero-order valence-corrected chi connectivity index (χ0v) is 21.8. The number of hydrogen-bond acceptors (Lipinski definition) is 8. The molecule has 3 rings (SSSR count). The van der Waals surface area contributed by atoms with Crippen molar-refractivity contribution in [3.05, 3.63) is 71.4 Å². The number of nitrogens with zero attached hydrogens (tertiary/aromatic N) is 2. The summed E-state index contributed by atoms with van der Waals surface area (Å²) in [7, 11) is -1.52. The van der Waals surface area contributed by atoms with Crippen molar-refractivity contribution >= 4 is 27.6 Å². The van der Waals surface area contributed by atoms with Crippen molar-refractivity contribution in [1.29, 1.82) is 0 Å². The van der Waals surface area contributed by atoms with E-state index >= 15 is 0 Å². The van der Waals surface area contributed by atoms with E-state index in [9.17, 15) is 18.3 Å². The van der Waals surface area contributed by atoms with Crippen molar-refractivity contribution in [3.63, 3.8) is 0 Å². The molecule has 2 heterocycles. The highest BCUT2D eigenvalue weighted by Gasteiger charge is 2.31. The van der Waals surface area contributed by atoms with Gasteiger partial charge in [-0.3, -0.25) is 20.6 Å². The lowest BCUT2D eigenvalue weighted by Crippen LogP contribution is -2.45. The van der Waals surface area contributed by atoms with Crippen LogP contribution in [0.15, 0.2) is 57.5 Å². The summed E-state index contributed by atoms with van der Waals surface area (Å²) in [4.78, 5) is 16.6. The molecule has 0 radical (unpaired) electrons. The summed E-state index contributed by atoms with van der Waals surface area (Å²) in [6, 6.07) is 11.2. The summed E-state index contributed by atoms with van der Waals surface area (Å²) in [5.41, 5.74) is 6.08. The van der Waals surface area contributed by atoms with Gasteiger partial charge >= 0.3 is 5.91 Å². The smallest absolute Gasteiger partial charge is 0.305 e. The van der Waals surface area contributed by atoms with Gasteiger partial charge in [0.1, 0.15) is 34.3 Å². The molecule has 198 valence electrons. The number of benzene rings is 1. The van der Waals surface area contributed by atoms with Crippen molar-refractivity contribution in [2.24, 2.45) is 4.40 Å². The minimum atomic E-state index is -4.37. The van der Waals surface area contributed by atoms with Crippen LogP contribution in [0.3, 0.4) is 0 Å². The van der Waals surface area contributed by atoms with Crippen LogP contribution in [0, 0.1) is 13.8 Å². The van der Waals surface area contributed by atoms with Gasteiger partial charge < -0.3 is 24.3 Å². The molecule has 0 saturated carbocycles. The standard InChI is InChI=1S/C24H29N5O7S/c1-14-9-11-17(25-13-14)22(30)16(3)37(32,33)29-24(28-27-23(31)20-12-10-15(2)36-20)26-21-18(34-4)7-6-8-19(21)35-5/h6-13,16,22,30H,1-5H3,(H,27,31)(H2,26,28,29)/t16-,22-/m0/s1. The molecule has 0 unspecified atom stereocenters. The number of carbonyl (C=O) groups is 1. The number of anilines is 1. The lowest BCUT2D eigenvalue weighted by Gasteiger charge is -2.20. The first kappa shape index (κ1) is 27.5. The van der Waals surface area contributed by atoms with Crippen LogP contribution >= 0.6 is 0 Å². The molecule has 1 aromatic carbocycles. The normalized spacial score (nSPS) is 13.4. The zero-order valence-electron chi connectivity index (χ0n) is 21.0. The summed E-state index contributed by atoms with van der Waals surface area (Å²) in [6.07, 6.45) is 0.0623. The number of amides is 1. The fourth-order valence-corrected chi connectivity index (χ4v) is 4.15. The lowest BCUT2D eigenvalue weighted by atomic mass is 10.1. The van der Waals surface area contributed by atoms with Crippen molar-refractivity contribution in [3.8, 4) is 11.5 Å². The van der Waals surface area contributed by atoms with Gasteiger partial charge in [0.15, 0.2) is 5.76 Å². The molecule has 3 aromatic rings. The van der Waals surface area contributed by atoms with Gasteiger partial charge in [0.05, 0.1) is 19.9 Å². The van der Waals surface area contributed by atoms with Crippen LogP contribution in [0.5, 0.6) is 11.5 Å². The number of hydrogen-bond donors (Lipinski definition) is 4. The average molecular weight is 532 g/mol. The van der Waals surface area contributed by atoms with Crippen LogP contribution in [-0.2, 0) is 10.0 Å². The largest absolute Gasteiger partial charge is 0.494 e. The van der Waals surface area contributed by atoms with Crippen molar-refractivity contribution in [2.75, 3.05) is 19.5 Å². The first-order valence-electron chi connectivity index (χ1n) is 11.1. The Morgan fingerprint density at radius 2 is 1.73 bits per heavy atom. The number of guanidine groups is 1. The number of methoxy groups -OCH3 is 2. The number of pyridine rings is 1. The summed E-state index contributed by atoms with van der Waals surface area (Å²) in [5, 5.41) is 12.1. The third-order valence-electron chi connectivity index (χ3n) is 5.30. The monoisotopic (exact) mass is 531 g/mol. The molecule has 1 amide bonds. The van der Waals surface area contributed by atoms with Gasteiger partial charge in [-0.15, -0.1) is 4.40 Å². The Hall–Kier alpha value is -4.10. The summed E-state index contributed by atoms with van der Waals surface area (Å²) >= 11 is 0. The van der Waals surface area contributed by atoms with E-state index in [0.29, 0.717) is 17.3 Å². The summed E-state index contributed by atoms with van der Waals surface area (Å²) in [6.45, 7) is 4.80. The molecule has 2 atom stereocenters. The SMILES string of the molecule is COc1cccc(OC)c1N/C(=N/S(=O)(=O)[C@@H](C)[C@H](O)c1ccc(C)cn1)NNC(=O)c1ccc(C)o1. The third-order valence-corrected chi connectivity index (χ3v) is 6.93. The number of para-hydroxylation sites is 1. The van der Waals surface area contributed by atoms with Crippen LogP contribution < -0.4 is 25.6 Å². The number of aryl methyl sites for hydroxylation is 2. The maximum atomic E-state index is 13.2. The number of hydrazine groups is 1. The minimum Gasteiger partial charge on any atom is -0.494 e. The van der Waals surface area contributed by atoms with E-state index in [1.165, 1.54) is 33.4 Å².